The minimum absolute atomic E-state index is 0.0109. The highest BCUT2D eigenvalue weighted by Crippen LogP contribution is 2.32. The maximum atomic E-state index is 13.6. The molecule has 10 heteroatoms. The topological polar surface area (TPSA) is 97.8 Å². The van der Waals surface area contributed by atoms with E-state index in [1.165, 1.54) is 34.9 Å². The lowest BCUT2D eigenvalue weighted by Crippen LogP contribution is -2.34. The van der Waals surface area contributed by atoms with Crippen LogP contribution in [-0.4, -0.2) is 47.0 Å². The summed E-state index contributed by atoms with van der Waals surface area (Å²) in [4.78, 5) is 13.9. The van der Waals surface area contributed by atoms with Gasteiger partial charge in [-0.05, 0) is 47.9 Å². The van der Waals surface area contributed by atoms with Gasteiger partial charge in [-0.25, -0.2) is 21.6 Å². The first-order valence-corrected chi connectivity index (χ1v) is 14.6. The Morgan fingerprint density at radius 2 is 1.71 bits per heavy atom. The van der Waals surface area contributed by atoms with Crippen molar-refractivity contribution < 1.29 is 26.4 Å². The summed E-state index contributed by atoms with van der Waals surface area (Å²) in [6, 6.07) is 16.4. The number of benzene rings is 2. The van der Waals surface area contributed by atoms with Crippen LogP contribution in [0.3, 0.4) is 0 Å². The smallest absolute Gasteiger partial charge is 0.339 e. The highest BCUT2D eigenvalue weighted by Gasteiger charge is 2.30. The van der Waals surface area contributed by atoms with Crippen LogP contribution >= 0.6 is 11.3 Å². The van der Waals surface area contributed by atoms with E-state index in [1.54, 1.807) is 30.3 Å². The van der Waals surface area contributed by atoms with Gasteiger partial charge in [0.1, 0.15) is 0 Å². The summed E-state index contributed by atoms with van der Waals surface area (Å²) in [6.45, 7) is 4.22. The van der Waals surface area contributed by atoms with Gasteiger partial charge in [-0.3, -0.25) is 0 Å². The number of ether oxygens (including phenoxy) is 1. The van der Waals surface area contributed by atoms with Crippen LogP contribution in [0.2, 0.25) is 0 Å². The van der Waals surface area contributed by atoms with Gasteiger partial charge < -0.3 is 4.74 Å². The van der Waals surface area contributed by atoms with Crippen LogP contribution in [0, 0.1) is 5.92 Å². The molecule has 3 aromatic rings. The number of rotatable bonds is 9. The van der Waals surface area contributed by atoms with Crippen molar-refractivity contribution in [1.82, 2.24) is 4.31 Å². The van der Waals surface area contributed by atoms with Gasteiger partial charge in [0.05, 0.1) is 22.5 Å². The Bertz CT molecular complexity index is 1390. The van der Waals surface area contributed by atoms with Gasteiger partial charge in [-0.1, -0.05) is 38.1 Å². The van der Waals surface area contributed by atoms with Gasteiger partial charge >= 0.3 is 5.97 Å². The SMILES string of the molecule is COC(=O)c1ccccc1S(=O)(=O)N(Cc1ccc(-c2cccc(S(C)(=O)=O)c2)s1)CC(C)C. The number of hydrogen-bond acceptors (Lipinski definition) is 7. The van der Waals surface area contributed by atoms with Crippen molar-refractivity contribution >= 4 is 37.2 Å². The average Bonchev–Trinajstić information content (AvgIpc) is 3.26. The summed E-state index contributed by atoms with van der Waals surface area (Å²) in [5.74, 6) is -0.668. The summed E-state index contributed by atoms with van der Waals surface area (Å²) < 4.78 is 57.2. The molecular formula is C24H27NO6S3. The molecule has 0 aliphatic rings. The molecule has 182 valence electrons. The zero-order chi connectivity index (χ0) is 25.1. The third-order valence-corrected chi connectivity index (χ3v) is 9.12. The number of hydrogen-bond donors (Lipinski definition) is 0. The van der Waals surface area contributed by atoms with E-state index < -0.39 is 25.8 Å². The summed E-state index contributed by atoms with van der Waals surface area (Å²) in [5, 5.41) is 0. The first-order valence-electron chi connectivity index (χ1n) is 10.5. The van der Waals surface area contributed by atoms with Crippen LogP contribution in [0.4, 0.5) is 0 Å². The number of esters is 1. The maximum absolute atomic E-state index is 13.6. The zero-order valence-corrected chi connectivity index (χ0v) is 21.8. The molecule has 0 saturated heterocycles. The molecule has 0 N–H and O–H groups in total. The standard InChI is InChI=1S/C24H27NO6S3/c1-17(2)15-25(34(29,30)23-11-6-5-10-21(23)24(26)31-3)16-19-12-13-22(32-19)18-8-7-9-20(14-18)33(4,27)28/h5-14,17H,15-16H2,1-4H3. The van der Waals surface area contributed by atoms with Crippen molar-refractivity contribution in [3.05, 3.63) is 71.1 Å². The minimum Gasteiger partial charge on any atom is -0.465 e. The quantitative estimate of drug-likeness (QED) is 0.386. The lowest BCUT2D eigenvalue weighted by atomic mass is 10.2. The van der Waals surface area contributed by atoms with Gasteiger partial charge in [0, 0.05) is 29.1 Å². The van der Waals surface area contributed by atoms with Crippen LogP contribution < -0.4 is 0 Å². The van der Waals surface area contributed by atoms with E-state index in [4.69, 9.17) is 4.74 Å². The minimum atomic E-state index is -4.00. The number of carbonyl (C=O) groups excluding carboxylic acids is 1. The van der Waals surface area contributed by atoms with Gasteiger partial charge in [-0.15, -0.1) is 11.3 Å². The zero-order valence-electron chi connectivity index (χ0n) is 19.4. The Balaban J connectivity index is 1.97. The van der Waals surface area contributed by atoms with Crippen LogP contribution in [0.25, 0.3) is 10.4 Å². The Morgan fingerprint density at radius 1 is 1.00 bits per heavy atom. The molecule has 1 heterocycles. The van der Waals surface area contributed by atoms with E-state index >= 15 is 0 Å². The number of carbonyl (C=O) groups is 1. The number of sulfonamides is 1. The van der Waals surface area contributed by atoms with E-state index in [9.17, 15) is 21.6 Å². The third-order valence-electron chi connectivity index (χ3n) is 5.02. The fraction of sp³-hybridized carbons (Fsp3) is 0.292. The molecule has 1 aromatic heterocycles. The van der Waals surface area contributed by atoms with Gasteiger partial charge in [0.2, 0.25) is 10.0 Å². The maximum Gasteiger partial charge on any atom is 0.339 e. The summed E-state index contributed by atoms with van der Waals surface area (Å²) in [6.07, 6.45) is 1.16. The number of thiophene rings is 1. The fourth-order valence-corrected chi connectivity index (χ4v) is 6.97. The molecule has 0 radical (unpaired) electrons. The molecular weight excluding hydrogens is 494 g/mol. The van der Waals surface area contributed by atoms with Crippen molar-refractivity contribution in [3.8, 4) is 10.4 Å². The number of nitrogens with zero attached hydrogens (tertiary/aromatic N) is 1. The summed E-state index contributed by atoms with van der Waals surface area (Å²) in [7, 11) is -6.13. The van der Waals surface area contributed by atoms with E-state index in [-0.39, 0.29) is 34.4 Å². The van der Waals surface area contributed by atoms with Gasteiger partial charge in [-0.2, -0.15) is 4.31 Å². The molecule has 0 bridgehead atoms. The second-order valence-electron chi connectivity index (χ2n) is 8.25. The second kappa shape index (κ2) is 10.4. The molecule has 34 heavy (non-hydrogen) atoms. The summed E-state index contributed by atoms with van der Waals surface area (Å²) >= 11 is 1.39. The molecule has 0 fully saturated rings. The predicted octanol–water partition coefficient (Wildman–Crippen LogP) is 4.45. The largest absolute Gasteiger partial charge is 0.465 e. The molecule has 7 nitrogen and oxygen atoms in total. The first-order chi connectivity index (χ1) is 15.9. The van der Waals surface area contributed by atoms with Crippen molar-refractivity contribution in [3.63, 3.8) is 0 Å². The number of sulfone groups is 1. The van der Waals surface area contributed by atoms with Crippen LogP contribution in [0.15, 0.2) is 70.5 Å². The molecule has 3 rings (SSSR count). The molecule has 0 saturated carbocycles. The fourth-order valence-electron chi connectivity index (χ4n) is 3.44. The van der Waals surface area contributed by atoms with E-state index in [2.05, 4.69) is 0 Å². The molecule has 0 aliphatic heterocycles. The van der Waals surface area contributed by atoms with Gasteiger partial charge in [0.15, 0.2) is 9.84 Å². The van der Waals surface area contributed by atoms with E-state index in [1.807, 2.05) is 32.0 Å². The Kier molecular flexibility index (Phi) is 7.97. The van der Waals surface area contributed by atoms with Crippen molar-refractivity contribution in [2.75, 3.05) is 19.9 Å². The summed E-state index contributed by atoms with van der Waals surface area (Å²) in [5.41, 5.74) is 0.733. The number of methoxy groups -OCH3 is 1. The molecule has 0 atom stereocenters. The van der Waals surface area contributed by atoms with E-state index in [0.717, 1.165) is 21.6 Å². The second-order valence-corrected chi connectivity index (χ2v) is 13.3. The highest BCUT2D eigenvalue weighted by atomic mass is 32.2. The van der Waals surface area contributed by atoms with Crippen molar-refractivity contribution in [1.29, 1.82) is 0 Å². The Morgan fingerprint density at radius 3 is 2.35 bits per heavy atom. The lowest BCUT2D eigenvalue weighted by molar-refractivity contribution is 0.0596. The molecule has 0 aliphatic carbocycles. The highest BCUT2D eigenvalue weighted by molar-refractivity contribution is 7.90. The van der Waals surface area contributed by atoms with E-state index in [0.29, 0.717) is 0 Å². The van der Waals surface area contributed by atoms with Crippen LogP contribution in [0.1, 0.15) is 29.1 Å². The monoisotopic (exact) mass is 521 g/mol. The average molecular weight is 522 g/mol. The third kappa shape index (κ3) is 5.93. The molecule has 2 aromatic carbocycles. The lowest BCUT2D eigenvalue weighted by Gasteiger charge is -2.24. The van der Waals surface area contributed by atoms with Crippen LogP contribution in [0.5, 0.6) is 0 Å². The Hall–Kier alpha value is -2.53. The molecule has 0 unspecified atom stereocenters. The van der Waals surface area contributed by atoms with Crippen molar-refractivity contribution in [2.45, 2.75) is 30.2 Å². The molecule has 0 spiro atoms. The van der Waals surface area contributed by atoms with Crippen molar-refractivity contribution in [2.24, 2.45) is 5.92 Å². The normalized spacial score (nSPS) is 12.3. The van der Waals surface area contributed by atoms with Crippen LogP contribution in [-0.2, 0) is 31.1 Å². The molecule has 0 amide bonds. The van der Waals surface area contributed by atoms with Gasteiger partial charge in [0.25, 0.3) is 0 Å². The first kappa shape index (κ1) is 26.1. The predicted molar refractivity (Wildman–Crippen MR) is 133 cm³/mol. The Labute approximate surface area is 205 Å².